The molecule has 1 amide bonds. The number of para-hydroxylation sites is 1. The van der Waals surface area contributed by atoms with Gasteiger partial charge in [0.25, 0.3) is 5.91 Å². The van der Waals surface area contributed by atoms with Crippen molar-refractivity contribution < 1.29 is 19.1 Å². The summed E-state index contributed by atoms with van der Waals surface area (Å²) in [4.78, 5) is 26.1. The second-order valence-electron chi connectivity index (χ2n) is 6.44. The smallest absolute Gasteiger partial charge is 0.264 e. The first kappa shape index (κ1) is 18.0. The van der Waals surface area contributed by atoms with Crippen LogP contribution in [0, 0.1) is 6.92 Å². The van der Waals surface area contributed by atoms with E-state index >= 15 is 0 Å². The van der Waals surface area contributed by atoms with Crippen LogP contribution in [0.4, 0.5) is 5.69 Å². The summed E-state index contributed by atoms with van der Waals surface area (Å²) in [6.07, 6.45) is 1.93. The van der Waals surface area contributed by atoms with Crippen LogP contribution in [-0.2, 0) is 11.2 Å². The second kappa shape index (κ2) is 7.60. The molecule has 0 fully saturated rings. The molecule has 26 heavy (non-hydrogen) atoms. The zero-order valence-electron chi connectivity index (χ0n) is 15.4. The van der Waals surface area contributed by atoms with Crippen molar-refractivity contribution in [3.05, 3.63) is 53.1 Å². The van der Waals surface area contributed by atoms with E-state index in [2.05, 4.69) is 6.07 Å². The van der Waals surface area contributed by atoms with Crippen LogP contribution in [0.25, 0.3) is 0 Å². The third kappa shape index (κ3) is 3.57. The number of ether oxygens (including phenoxy) is 2. The zero-order valence-corrected chi connectivity index (χ0v) is 15.4. The number of hydrogen-bond donors (Lipinski definition) is 0. The van der Waals surface area contributed by atoms with Gasteiger partial charge in [-0.1, -0.05) is 18.2 Å². The summed E-state index contributed by atoms with van der Waals surface area (Å²) in [5, 5.41) is 0. The van der Waals surface area contributed by atoms with E-state index in [0.29, 0.717) is 23.6 Å². The van der Waals surface area contributed by atoms with Crippen molar-refractivity contribution in [3.8, 4) is 11.5 Å². The third-order valence-corrected chi connectivity index (χ3v) is 4.64. The maximum absolute atomic E-state index is 12.8. The number of carbonyl (C=O) groups excluding carboxylic acids is 2. The highest BCUT2D eigenvalue weighted by atomic mass is 16.5. The Balaban J connectivity index is 1.76. The van der Waals surface area contributed by atoms with Crippen molar-refractivity contribution in [1.29, 1.82) is 0 Å². The van der Waals surface area contributed by atoms with Crippen LogP contribution in [0.3, 0.4) is 0 Å². The summed E-state index contributed by atoms with van der Waals surface area (Å²) in [7, 11) is 1.51. The molecule has 0 radical (unpaired) electrons. The van der Waals surface area contributed by atoms with Crippen molar-refractivity contribution in [2.24, 2.45) is 0 Å². The number of benzene rings is 2. The van der Waals surface area contributed by atoms with E-state index in [1.165, 1.54) is 19.6 Å². The van der Waals surface area contributed by atoms with Crippen LogP contribution in [0.1, 0.15) is 34.8 Å². The molecule has 0 bridgehead atoms. The van der Waals surface area contributed by atoms with E-state index in [4.69, 9.17) is 9.47 Å². The van der Waals surface area contributed by atoms with Gasteiger partial charge < -0.3 is 14.4 Å². The summed E-state index contributed by atoms with van der Waals surface area (Å²) < 4.78 is 11.0. The molecule has 5 nitrogen and oxygen atoms in total. The van der Waals surface area contributed by atoms with Crippen LogP contribution in [0.15, 0.2) is 36.4 Å². The van der Waals surface area contributed by atoms with E-state index in [-0.39, 0.29) is 18.3 Å². The molecule has 136 valence electrons. The van der Waals surface area contributed by atoms with Gasteiger partial charge >= 0.3 is 0 Å². The summed E-state index contributed by atoms with van der Waals surface area (Å²) in [6.45, 7) is 4.13. The molecule has 1 aliphatic heterocycles. The number of rotatable bonds is 5. The lowest BCUT2D eigenvalue weighted by molar-refractivity contribution is -0.120. The summed E-state index contributed by atoms with van der Waals surface area (Å²) in [5.74, 6) is 0.762. The van der Waals surface area contributed by atoms with E-state index in [9.17, 15) is 9.59 Å². The molecule has 0 saturated heterocycles. The molecular weight excluding hydrogens is 330 g/mol. The molecule has 0 saturated carbocycles. The molecule has 2 aromatic carbocycles. The molecule has 5 heteroatoms. The fourth-order valence-corrected chi connectivity index (χ4v) is 3.32. The van der Waals surface area contributed by atoms with Gasteiger partial charge in [0.05, 0.1) is 7.11 Å². The molecule has 1 aliphatic rings. The van der Waals surface area contributed by atoms with E-state index < -0.39 is 0 Å². The summed E-state index contributed by atoms with van der Waals surface area (Å²) >= 11 is 0. The van der Waals surface area contributed by atoms with Crippen LogP contribution in [0.2, 0.25) is 0 Å². The molecule has 1 heterocycles. The topological polar surface area (TPSA) is 55.8 Å². The highest BCUT2D eigenvalue weighted by molar-refractivity contribution is 5.97. The second-order valence-corrected chi connectivity index (χ2v) is 6.44. The zero-order chi connectivity index (χ0) is 18.7. The Hall–Kier alpha value is -2.82. The predicted octanol–water partition coefficient (Wildman–Crippen LogP) is 3.56. The average molecular weight is 353 g/mol. The molecule has 0 N–H and O–H groups in total. The Morgan fingerprint density at radius 1 is 1.15 bits per heavy atom. The number of aryl methyl sites for hydroxylation is 2. The first-order valence-corrected chi connectivity index (χ1v) is 8.72. The van der Waals surface area contributed by atoms with Gasteiger partial charge in [0.2, 0.25) is 0 Å². The number of nitrogens with zero attached hydrogens (tertiary/aromatic N) is 1. The van der Waals surface area contributed by atoms with Gasteiger partial charge in [-0.05, 0) is 56.0 Å². The maximum atomic E-state index is 12.8. The van der Waals surface area contributed by atoms with Gasteiger partial charge in [-0.3, -0.25) is 9.59 Å². The molecule has 2 aromatic rings. The largest absolute Gasteiger partial charge is 0.493 e. The quantitative estimate of drug-likeness (QED) is 0.771. The highest BCUT2D eigenvalue weighted by Crippen LogP contribution is 2.31. The minimum atomic E-state index is -0.0852. The maximum Gasteiger partial charge on any atom is 0.264 e. The number of methoxy groups -OCH3 is 1. The fraction of sp³-hybridized carbons (Fsp3) is 0.333. The fourth-order valence-electron chi connectivity index (χ4n) is 3.32. The van der Waals surface area contributed by atoms with Gasteiger partial charge in [0, 0.05) is 17.8 Å². The summed E-state index contributed by atoms with van der Waals surface area (Å²) in [5.41, 5.74) is 3.85. The molecule has 0 unspecified atom stereocenters. The standard InChI is InChI=1S/C21H23NO4/c1-14-6-4-7-16-8-5-11-22(21(14)16)20(24)13-26-18-10-9-17(15(2)23)12-19(18)25-3/h4,6-7,9-10,12H,5,8,11,13H2,1-3H3. The first-order chi connectivity index (χ1) is 12.5. The van der Waals surface area contributed by atoms with Gasteiger partial charge in [0.15, 0.2) is 23.9 Å². The SMILES string of the molecule is COc1cc(C(C)=O)ccc1OCC(=O)N1CCCc2cccc(C)c21. The molecular formula is C21H23NO4. The Kier molecular flexibility index (Phi) is 5.26. The molecule has 0 atom stereocenters. The van der Waals surface area contributed by atoms with Gasteiger partial charge in [-0.15, -0.1) is 0 Å². The summed E-state index contributed by atoms with van der Waals surface area (Å²) in [6, 6.07) is 11.1. The van der Waals surface area contributed by atoms with Crippen LogP contribution in [0.5, 0.6) is 11.5 Å². The Morgan fingerprint density at radius 3 is 2.69 bits per heavy atom. The molecule has 0 spiro atoms. The average Bonchev–Trinajstić information content (AvgIpc) is 2.65. The highest BCUT2D eigenvalue weighted by Gasteiger charge is 2.24. The van der Waals surface area contributed by atoms with Gasteiger partial charge in [-0.2, -0.15) is 0 Å². The minimum Gasteiger partial charge on any atom is -0.493 e. The molecule has 0 aromatic heterocycles. The van der Waals surface area contributed by atoms with Crippen LogP contribution in [-0.4, -0.2) is 32.0 Å². The Bertz CT molecular complexity index is 844. The van der Waals surface area contributed by atoms with Crippen molar-refractivity contribution >= 4 is 17.4 Å². The third-order valence-electron chi connectivity index (χ3n) is 4.64. The van der Waals surface area contributed by atoms with Gasteiger partial charge in [0.1, 0.15) is 0 Å². The van der Waals surface area contributed by atoms with Crippen molar-refractivity contribution in [2.45, 2.75) is 26.7 Å². The lowest BCUT2D eigenvalue weighted by Gasteiger charge is -2.31. The number of anilines is 1. The lowest BCUT2D eigenvalue weighted by Crippen LogP contribution is -2.39. The monoisotopic (exact) mass is 353 g/mol. The number of Topliss-reactive ketones (excluding diaryl/α,β-unsaturated/α-hetero) is 1. The van der Waals surface area contributed by atoms with Crippen molar-refractivity contribution in [3.63, 3.8) is 0 Å². The lowest BCUT2D eigenvalue weighted by atomic mass is 9.98. The van der Waals surface area contributed by atoms with Crippen LogP contribution < -0.4 is 14.4 Å². The Morgan fingerprint density at radius 2 is 1.96 bits per heavy atom. The normalized spacial score (nSPS) is 13.1. The number of hydrogen-bond acceptors (Lipinski definition) is 4. The number of carbonyl (C=O) groups is 2. The van der Waals surface area contributed by atoms with Gasteiger partial charge in [-0.25, -0.2) is 0 Å². The molecule has 0 aliphatic carbocycles. The Labute approximate surface area is 153 Å². The van der Waals surface area contributed by atoms with Crippen molar-refractivity contribution in [2.75, 3.05) is 25.2 Å². The first-order valence-electron chi connectivity index (χ1n) is 8.72. The number of ketones is 1. The van der Waals surface area contributed by atoms with E-state index in [1.807, 2.05) is 24.0 Å². The predicted molar refractivity (Wildman–Crippen MR) is 100 cm³/mol. The van der Waals surface area contributed by atoms with Crippen molar-refractivity contribution in [1.82, 2.24) is 0 Å². The van der Waals surface area contributed by atoms with E-state index in [1.54, 1.807) is 18.2 Å². The number of fused-ring (bicyclic) bond motifs is 1. The van der Waals surface area contributed by atoms with E-state index in [0.717, 1.165) is 24.1 Å². The minimum absolute atomic E-state index is 0.0497. The van der Waals surface area contributed by atoms with Crippen LogP contribution >= 0.6 is 0 Å². The number of amides is 1. The molecule has 3 rings (SSSR count).